The first-order chi connectivity index (χ1) is 14.7. The second kappa shape index (κ2) is 10.2. The standard InChI is InChI=1S/C21H24Cl2N2O5S/c1-14(16-4-5-17(22)18(23)13-16)24-21(26)12-15-3-6-19(29-2)20(11-15)31(27,28)25-7-9-30-10-8-25/h3-6,11,13-14H,7-10,12H2,1-2H3,(H,24,26)/t14-/m0/s1. The Balaban J connectivity index is 1.76. The molecule has 168 valence electrons. The Kier molecular flexibility index (Phi) is 7.82. The van der Waals surface area contributed by atoms with Gasteiger partial charge in [0.2, 0.25) is 15.9 Å². The summed E-state index contributed by atoms with van der Waals surface area (Å²) in [6, 6.07) is 9.62. The van der Waals surface area contributed by atoms with Crippen LogP contribution in [-0.4, -0.2) is 52.0 Å². The Labute approximate surface area is 192 Å². The van der Waals surface area contributed by atoms with E-state index < -0.39 is 10.0 Å². The lowest BCUT2D eigenvalue weighted by Gasteiger charge is -2.26. The first-order valence-corrected chi connectivity index (χ1v) is 11.9. The lowest BCUT2D eigenvalue weighted by Crippen LogP contribution is -2.40. The summed E-state index contributed by atoms with van der Waals surface area (Å²) >= 11 is 12.0. The summed E-state index contributed by atoms with van der Waals surface area (Å²) in [6.45, 7) is 3.07. The van der Waals surface area contributed by atoms with Crippen molar-refractivity contribution in [2.24, 2.45) is 0 Å². The van der Waals surface area contributed by atoms with Crippen LogP contribution in [-0.2, 0) is 26.0 Å². The minimum absolute atomic E-state index is 0.0152. The van der Waals surface area contributed by atoms with Gasteiger partial charge < -0.3 is 14.8 Å². The van der Waals surface area contributed by atoms with Gasteiger partial charge in [-0.15, -0.1) is 0 Å². The van der Waals surface area contributed by atoms with E-state index in [0.717, 1.165) is 5.56 Å². The van der Waals surface area contributed by atoms with Crippen LogP contribution in [0, 0.1) is 0 Å². The average molecular weight is 487 g/mol. The molecule has 1 aliphatic heterocycles. The van der Waals surface area contributed by atoms with Crippen molar-refractivity contribution >= 4 is 39.1 Å². The summed E-state index contributed by atoms with van der Waals surface area (Å²) in [5.41, 5.74) is 1.37. The molecule has 10 heteroatoms. The van der Waals surface area contributed by atoms with Crippen LogP contribution in [0.2, 0.25) is 10.0 Å². The van der Waals surface area contributed by atoms with Crippen LogP contribution < -0.4 is 10.1 Å². The molecule has 0 radical (unpaired) electrons. The van der Waals surface area contributed by atoms with Gasteiger partial charge in [-0.05, 0) is 42.3 Å². The highest BCUT2D eigenvalue weighted by Crippen LogP contribution is 2.29. The number of hydrogen-bond acceptors (Lipinski definition) is 5. The number of amides is 1. The summed E-state index contributed by atoms with van der Waals surface area (Å²) in [7, 11) is -2.35. The molecule has 0 spiro atoms. The van der Waals surface area contributed by atoms with E-state index >= 15 is 0 Å². The maximum absolute atomic E-state index is 13.1. The summed E-state index contributed by atoms with van der Waals surface area (Å²) < 4.78 is 38.1. The van der Waals surface area contributed by atoms with Crippen molar-refractivity contribution in [3.05, 3.63) is 57.6 Å². The molecule has 2 aromatic rings. The number of sulfonamides is 1. The van der Waals surface area contributed by atoms with Crippen molar-refractivity contribution in [1.29, 1.82) is 0 Å². The molecule has 0 aromatic heterocycles. The Hall–Kier alpha value is -1.84. The highest BCUT2D eigenvalue weighted by atomic mass is 35.5. The number of carbonyl (C=O) groups excluding carboxylic acids is 1. The van der Waals surface area contributed by atoms with Gasteiger partial charge in [0.1, 0.15) is 10.6 Å². The minimum atomic E-state index is -3.77. The zero-order valence-electron chi connectivity index (χ0n) is 17.2. The van der Waals surface area contributed by atoms with Crippen LogP contribution in [0.3, 0.4) is 0 Å². The van der Waals surface area contributed by atoms with Gasteiger partial charge in [-0.3, -0.25) is 4.79 Å². The predicted molar refractivity (Wildman–Crippen MR) is 119 cm³/mol. The third-order valence-electron chi connectivity index (χ3n) is 5.00. The van der Waals surface area contributed by atoms with Gasteiger partial charge in [-0.25, -0.2) is 8.42 Å². The number of rotatable bonds is 7. The molecule has 1 fully saturated rings. The topological polar surface area (TPSA) is 84.9 Å². The van der Waals surface area contributed by atoms with Crippen LogP contribution in [0.15, 0.2) is 41.3 Å². The Morgan fingerprint density at radius 2 is 1.87 bits per heavy atom. The molecule has 31 heavy (non-hydrogen) atoms. The molecular weight excluding hydrogens is 463 g/mol. The first kappa shape index (κ1) is 23.8. The fourth-order valence-corrected chi connectivity index (χ4v) is 5.22. The lowest BCUT2D eigenvalue weighted by atomic mass is 10.1. The van der Waals surface area contributed by atoms with Gasteiger partial charge in [0.05, 0.1) is 42.8 Å². The molecule has 0 saturated carbocycles. The van der Waals surface area contributed by atoms with Crippen LogP contribution in [0.5, 0.6) is 5.75 Å². The van der Waals surface area contributed by atoms with E-state index in [1.807, 2.05) is 6.92 Å². The van der Waals surface area contributed by atoms with E-state index in [0.29, 0.717) is 28.8 Å². The number of nitrogens with one attached hydrogen (secondary N) is 1. The first-order valence-electron chi connectivity index (χ1n) is 9.71. The number of nitrogens with zero attached hydrogens (tertiary/aromatic N) is 1. The van der Waals surface area contributed by atoms with Crippen molar-refractivity contribution in [3.63, 3.8) is 0 Å². The molecule has 7 nitrogen and oxygen atoms in total. The molecule has 0 aliphatic carbocycles. The van der Waals surface area contributed by atoms with Gasteiger partial charge in [0.15, 0.2) is 0 Å². The highest BCUT2D eigenvalue weighted by molar-refractivity contribution is 7.89. The Morgan fingerprint density at radius 1 is 1.16 bits per heavy atom. The van der Waals surface area contributed by atoms with Gasteiger partial charge in [0, 0.05) is 13.1 Å². The number of hydrogen-bond donors (Lipinski definition) is 1. The number of ether oxygens (including phenoxy) is 2. The maximum atomic E-state index is 13.1. The van der Waals surface area contributed by atoms with E-state index in [1.165, 1.54) is 17.5 Å². The Morgan fingerprint density at radius 3 is 2.52 bits per heavy atom. The summed E-state index contributed by atoms with van der Waals surface area (Å²) in [5.74, 6) is -0.0155. The van der Waals surface area contributed by atoms with Crippen LogP contribution in [0.4, 0.5) is 0 Å². The smallest absolute Gasteiger partial charge is 0.246 e. The number of carbonyl (C=O) groups is 1. The van der Waals surface area contributed by atoms with Crippen molar-refractivity contribution in [2.75, 3.05) is 33.4 Å². The lowest BCUT2D eigenvalue weighted by molar-refractivity contribution is -0.121. The van der Waals surface area contributed by atoms with Gasteiger partial charge in [0.25, 0.3) is 0 Å². The van der Waals surface area contributed by atoms with Gasteiger partial charge in [-0.1, -0.05) is 35.3 Å². The SMILES string of the molecule is COc1ccc(CC(=O)N[C@@H](C)c2ccc(Cl)c(Cl)c2)cc1S(=O)(=O)N1CCOCC1. The Bertz CT molecular complexity index is 1060. The van der Waals surface area contributed by atoms with Gasteiger partial charge >= 0.3 is 0 Å². The second-order valence-corrected chi connectivity index (χ2v) is 9.86. The van der Waals surface area contributed by atoms with Gasteiger partial charge in [-0.2, -0.15) is 4.31 Å². The molecule has 2 aromatic carbocycles. The monoisotopic (exact) mass is 486 g/mol. The largest absolute Gasteiger partial charge is 0.495 e. The average Bonchev–Trinajstić information content (AvgIpc) is 2.76. The molecule has 1 heterocycles. The summed E-state index contributed by atoms with van der Waals surface area (Å²) in [5, 5.41) is 3.74. The highest BCUT2D eigenvalue weighted by Gasteiger charge is 2.29. The van der Waals surface area contributed by atoms with Crippen LogP contribution >= 0.6 is 23.2 Å². The number of benzene rings is 2. The molecule has 3 rings (SSSR count). The number of halogens is 2. The normalized spacial score (nSPS) is 16.0. The zero-order valence-corrected chi connectivity index (χ0v) is 19.6. The van der Waals surface area contributed by atoms with Crippen molar-refractivity contribution in [2.45, 2.75) is 24.3 Å². The fraction of sp³-hybridized carbons (Fsp3) is 0.381. The zero-order chi connectivity index (χ0) is 22.6. The maximum Gasteiger partial charge on any atom is 0.246 e. The van der Waals surface area contributed by atoms with Crippen molar-refractivity contribution in [1.82, 2.24) is 9.62 Å². The molecule has 1 atom stereocenters. The van der Waals surface area contributed by atoms with E-state index in [-0.39, 0.29) is 42.1 Å². The molecule has 0 bridgehead atoms. The second-order valence-electron chi connectivity index (χ2n) is 7.14. The number of morpholine rings is 1. The summed E-state index contributed by atoms with van der Waals surface area (Å²) in [6.07, 6.45) is 0.0152. The molecule has 1 saturated heterocycles. The predicted octanol–water partition coefficient (Wildman–Crippen LogP) is 3.44. The number of methoxy groups -OCH3 is 1. The third kappa shape index (κ3) is 5.70. The molecule has 1 N–H and O–H groups in total. The summed E-state index contributed by atoms with van der Waals surface area (Å²) in [4.78, 5) is 12.6. The molecular formula is C21H24Cl2N2O5S. The van der Waals surface area contributed by atoms with Crippen LogP contribution in [0.1, 0.15) is 24.1 Å². The van der Waals surface area contributed by atoms with E-state index in [4.69, 9.17) is 32.7 Å². The van der Waals surface area contributed by atoms with E-state index in [9.17, 15) is 13.2 Å². The molecule has 1 aliphatic rings. The molecule has 0 unspecified atom stereocenters. The van der Waals surface area contributed by atoms with Crippen LogP contribution in [0.25, 0.3) is 0 Å². The quantitative estimate of drug-likeness (QED) is 0.647. The third-order valence-corrected chi connectivity index (χ3v) is 7.66. The van der Waals surface area contributed by atoms with E-state index in [1.54, 1.807) is 30.3 Å². The van der Waals surface area contributed by atoms with E-state index in [2.05, 4.69) is 5.32 Å². The van der Waals surface area contributed by atoms with Crippen molar-refractivity contribution < 1.29 is 22.7 Å². The minimum Gasteiger partial charge on any atom is -0.495 e. The molecule has 1 amide bonds. The fourth-order valence-electron chi connectivity index (χ4n) is 3.30. The van der Waals surface area contributed by atoms with Crippen molar-refractivity contribution in [3.8, 4) is 5.75 Å².